The number of methoxy groups -OCH3 is 1. The van der Waals surface area contributed by atoms with Crippen LogP contribution in [0.25, 0.3) is 0 Å². The van der Waals surface area contributed by atoms with Crippen molar-refractivity contribution in [3.63, 3.8) is 0 Å². The van der Waals surface area contributed by atoms with E-state index in [-0.39, 0.29) is 29.5 Å². The molecule has 9 nitrogen and oxygen atoms in total. The quantitative estimate of drug-likeness (QED) is 0.458. The number of pyridine rings is 1. The number of carbonyl (C=O) groups excluding carboxylic acids is 1. The van der Waals surface area contributed by atoms with E-state index in [4.69, 9.17) is 4.74 Å². The van der Waals surface area contributed by atoms with Gasteiger partial charge in [0.25, 0.3) is 0 Å². The van der Waals surface area contributed by atoms with Crippen molar-refractivity contribution in [2.45, 2.75) is 11.8 Å². The molecule has 1 saturated heterocycles. The molecule has 0 aromatic carbocycles. The number of ether oxygens (including phenoxy) is 2. The average molecular weight is 342 g/mol. The van der Waals surface area contributed by atoms with Crippen molar-refractivity contribution < 1.29 is 22.7 Å². The van der Waals surface area contributed by atoms with Gasteiger partial charge in [0.1, 0.15) is 10.6 Å². The number of aromatic nitrogens is 1. The number of carbonyl (C=O) groups is 1. The zero-order chi connectivity index (χ0) is 16.9. The Labute approximate surface area is 134 Å². The number of sulfonamides is 1. The summed E-state index contributed by atoms with van der Waals surface area (Å²) in [6.07, 6.45) is 1.43. The van der Waals surface area contributed by atoms with Crippen molar-refractivity contribution in [1.29, 1.82) is 0 Å². The summed E-state index contributed by atoms with van der Waals surface area (Å²) in [5.74, 6) is -0.576. The third-order valence-electron chi connectivity index (χ3n) is 3.17. The summed E-state index contributed by atoms with van der Waals surface area (Å²) >= 11 is 0. The smallest absolute Gasteiger partial charge is 0.353 e. The molecule has 0 saturated carbocycles. The number of hydrazone groups is 1. The molecule has 10 heteroatoms. The van der Waals surface area contributed by atoms with Gasteiger partial charge < -0.3 is 9.47 Å². The topological polar surface area (TPSA) is 110 Å². The molecule has 1 aliphatic rings. The molecule has 2 rings (SSSR count). The van der Waals surface area contributed by atoms with Crippen LogP contribution in [0.4, 0.5) is 5.82 Å². The normalized spacial score (nSPS) is 16.9. The first kappa shape index (κ1) is 17.3. The predicted octanol–water partition coefficient (Wildman–Crippen LogP) is 0.0633. The minimum absolute atomic E-state index is 0.0108. The molecule has 1 aliphatic heterocycles. The predicted molar refractivity (Wildman–Crippen MR) is 82.6 cm³/mol. The summed E-state index contributed by atoms with van der Waals surface area (Å²) in [5, 5.41) is 3.81. The Morgan fingerprint density at radius 1 is 1.43 bits per heavy atom. The van der Waals surface area contributed by atoms with Crippen LogP contribution in [0, 0.1) is 0 Å². The molecule has 23 heavy (non-hydrogen) atoms. The second kappa shape index (κ2) is 7.49. The van der Waals surface area contributed by atoms with Gasteiger partial charge in [-0.2, -0.15) is 9.41 Å². The summed E-state index contributed by atoms with van der Waals surface area (Å²) < 4.78 is 36.4. The maximum atomic E-state index is 12.7. The highest BCUT2D eigenvalue weighted by Gasteiger charge is 2.29. The fourth-order valence-corrected chi connectivity index (χ4v) is 3.44. The van der Waals surface area contributed by atoms with E-state index in [9.17, 15) is 13.2 Å². The van der Waals surface area contributed by atoms with Crippen LogP contribution < -0.4 is 5.43 Å². The van der Waals surface area contributed by atoms with E-state index in [1.54, 1.807) is 0 Å². The molecule has 0 radical (unpaired) electrons. The van der Waals surface area contributed by atoms with E-state index in [2.05, 4.69) is 20.2 Å². The fraction of sp³-hybridized carbons (Fsp3) is 0.462. The Morgan fingerprint density at radius 2 is 2.13 bits per heavy atom. The Hall–Kier alpha value is -2.04. The van der Waals surface area contributed by atoms with Crippen LogP contribution in [0.5, 0.6) is 0 Å². The summed E-state index contributed by atoms with van der Waals surface area (Å²) in [4.78, 5) is 15.3. The SMILES string of the molecule is COC(=O)C(C)=NNc1ncccc1S(=O)(=O)N1CCOCC1. The van der Waals surface area contributed by atoms with E-state index in [0.717, 1.165) is 0 Å². The molecule has 0 spiro atoms. The van der Waals surface area contributed by atoms with Crippen molar-refractivity contribution in [2.24, 2.45) is 5.10 Å². The van der Waals surface area contributed by atoms with Gasteiger partial charge in [0.2, 0.25) is 10.0 Å². The van der Waals surface area contributed by atoms with Gasteiger partial charge >= 0.3 is 5.97 Å². The minimum Gasteiger partial charge on any atom is -0.464 e. The van der Waals surface area contributed by atoms with E-state index in [1.165, 1.54) is 36.7 Å². The van der Waals surface area contributed by atoms with Crippen LogP contribution in [-0.2, 0) is 24.3 Å². The lowest BCUT2D eigenvalue weighted by atomic mass is 10.4. The van der Waals surface area contributed by atoms with E-state index < -0.39 is 16.0 Å². The molecule has 2 heterocycles. The monoisotopic (exact) mass is 342 g/mol. The van der Waals surface area contributed by atoms with Gasteiger partial charge in [-0.25, -0.2) is 18.2 Å². The van der Waals surface area contributed by atoms with Crippen LogP contribution in [-0.4, -0.2) is 62.8 Å². The first-order valence-corrected chi connectivity index (χ1v) is 8.32. The van der Waals surface area contributed by atoms with Gasteiger partial charge in [0.05, 0.1) is 20.3 Å². The van der Waals surface area contributed by atoms with Gasteiger partial charge in [-0.1, -0.05) is 0 Å². The highest BCUT2D eigenvalue weighted by atomic mass is 32.2. The summed E-state index contributed by atoms with van der Waals surface area (Å²) in [5.41, 5.74) is 2.56. The molecule has 0 atom stereocenters. The lowest BCUT2D eigenvalue weighted by molar-refractivity contribution is -0.132. The van der Waals surface area contributed by atoms with Gasteiger partial charge in [0, 0.05) is 19.3 Å². The molecule has 1 N–H and O–H groups in total. The van der Waals surface area contributed by atoms with Crippen LogP contribution in [0.3, 0.4) is 0 Å². The van der Waals surface area contributed by atoms with Crippen molar-refractivity contribution in [2.75, 3.05) is 38.8 Å². The number of morpholine rings is 1. The van der Waals surface area contributed by atoms with Gasteiger partial charge in [0.15, 0.2) is 5.82 Å². The minimum atomic E-state index is -3.72. The number of hydrogen-bond donors (Lipinski definition) is 1. The molecule has 0 bridgehead atoms. The number of esters is 1. The molecule has 0 amide bonds. The third kappa shape index (κ3) is 4.03. The fourth-order valence-electron chi connectivity index (χ4n) is 1.94. The first-order valence-electron chi connectivity index (χ1n) is 6.88. The zero-order valence-corrected chi connectivity index (χ0v) is 13.7. The number of nitrogens with one attached hydrogen (secondary N) is 1. The molecule has 126 valence electrons. The second-order valence-corrected chi connectivity index (χ2v) is 6.57. The molecule has 0 aliphatic carbocycles. The van der Waals surface area contributed by atoms with Gasteiger partial charge in [-0.05, 0) is 19.1 Å². The van der Waals surface area contributed by atoms with E-state index in [0.29, 0.717) is 13.2 Å². The van der Waals surface area contributed by atoms with Crippen molar-refractivity contribution in [1.82, 2.24) is 9.29 Å². The lowest BCUT2D eigenvalue weighted by Crippen LogP contribution is -2.40. The molecular weight excluding hydrogens is 324 g/mol. The Bertz CT molecular complexity index is 698. The van der Waals surface area contributed by atoms with Crippen LogP contribution in [0.15, 0.2) is 28.3 Å². The highest BCUT2D eigenvalue weighted by Crippen LogP contribution is 2.23. The van der Waals surface area contributed by atoms with Crippen LogP contribution >= 0.6 is 0 Å². The average Bonchev–Trinajstić information content (AvgIpc) is 2.59. The summed E-state index contributed by atoms with van der Waals surface area (Å²) in [7, 11) is -2.49. The number of nitrogens with zero attached hydrogens (tertiary/aromatic N) is 3. The Kier molecular flexibility index (Phi) is 5.64. The summed E-state index contributed by atoms with van der Waals surface area (Å²) in [6.45, 7) is 2.70. The number of hydrogen-bond acceptors (Lipinski definition) is 8. The van der Waals surface area contributed by atoms with E-state index in [1.807, 2.05) is 0 Å². The van der Waals surface area contributed by atoms with Gasteiger partial charge in [-0.15, -0.1) is 0 Å². The largest absolute Gasteiger partial charge is 0.464 e. The van der Waals surface area contributed by atoms with Crippen molar-refractivity contribution in [3.05, 3.63) is 18.3 Å². The molecule has 1 fully saturated rings. The Morgan fingerprint density at radius 3 is 2.78 bits per heavy atom. The van der Waals surface area contributed by atoms with Crippen molar-refractivity contribution >= 4 is 27.5 Å². The maximum Gasteiger partial charge on any atom is 0.353 e. The Balaban J connectivity index is 2.28. The van der Waals surface area contributed by atoms with Crippen molar-refractivity contribution in [3.8, 4) is 0 Å². The maximum absolute atomic E-state index is 12.7. The number of anilines is 1. The third-order valence-corrected chi connectivity index (χ3v) is 5.10. The molecule has 1 aromatic heterocycles. The lowest BCUT2D eigenvalue weighted by Gasteiger charge is -2.26. The highest BCUT2D eigenvalue weighted by molar-refractivity contribution is 7.89. The van der Waals surface area contributed by atoms with E-state index >= 15 is 0 Å². The van der Waals surface area contributed by atoms with Crippen LogP contribution in [0.1, 0.15) is 6.92 Å². The number of rotatable bonds is 5. The van der Waals surface area contributed by atoms with Gasteiger partial charge in [-0.3, -0.25) is 5.43 Å². The zero-order valence-electron chi connectivity index (χ0n) is 12.9. The molecule has 1 aromatic rings. The molecule has 0 unspecified atom stereocenters. The standard InChI is InChI=1S/C13H18N4O5S/c1-10(13(18)21-2)15-16-12-11(4-3-5-14-12)23(19,20)17-6-8-22-9-7-17/h3-5H,6-9H2,1-2H3,(H,14,16). The first-order chi connectivity index (χ1) is 11.0. The van der Waals surface area contributed by atoms with Crippen LogP contribution in [0.2, 0.25) is 0 Å². The molecular formula is C13H18N4O5S. The second-order valence-electron chi connectivity index (χ2n) is 4.67. The summed E-state index contributed by atoms with van der Waals surface area (Å²) in [6, 6.07) is 2.96.